The summed E-state index contributed by atoms with van der Waals surface area (Å²) in [6.45, 7) is 0. The van der Waals surface area contributed by atoms with E-state index in [2.05, 4.69) is 148 Å². The van der Waals surface area contributed by atoms with Crippen molar-refractivity contribution in [3.05, 3.63) is 152 Å². The quantitative estimate of drug-likeness (QED) is 0.183. The average Bonchev–Trinajstić information content (AvgIpc) is 3.69. The average molecular weight is 612 g/mol. The highest BCUT2D eigenvalue weighted by atomic mass is 15.2. The van der Waals surface area contributed by atoms with E-state index >= 15 is 0 Å². The van der Waals surface area contributed by atoms with Crippen LogP contribution in [-0.4, -0.2) is 23.9 Å². The molecule has 0 amide bonds. The molecular formula is C43H25N5. The molecule has 0 saturated carbocycles. The van der Waals surface area contributed by atoms with E-state index in [1.165, 1.54) is 26.9 Å². The number of pyridine rings is 1. The summed E-state index contributed by atoms with van der Waals surface area (Å²) in [6, 6.07) is 53.5. The van der Waals surface area contributed by atoms with Crippen LogP contribution in [-0.2, 0) is 0 Å². The predicted octanol–water partition coefficient (Wildman–Crippen LogP) is 10.7. The molecule has 11 aromatic rings. The number of para-hydroxylation sites is 2. The van der Waals surface area contributed by atoms with Crippen LogP contribution in [0.1, 0.15) is 0 Å². The molecule has 0 atom stereocenters. The number of aromatic nitrogens is 5. The van der Waals surface area contributed by atoms with Gasteiger partial charge in [0.05, 0.1) is 38.8 Å². The van der Waals surface area contributed by atoms with Gasteiger partial charge < -0.3 is 0 Å². The topological polar surface area (TPSA) is 48.0 Å². The van der Waals surface area contributed by atoms with Gasteiger partial charge in [0, 0.05) is 32.5 Å². The van der Waals surface area contributed by atoms with Gasteiger partial charge in [0.1, 0.15) is 5.65 Å². The molecule has 0 aliphatic carbocycles. The fourth-order valence-electron chi connectivity index (χ4n) is 7.79. The lowest BCUT2D eigenvalue weighted by molar-refractivity contribution is 1.01. The molecule has 222 valence electrons. The fourth-order valence-corrected chi connectivity index (χ4v) is 7.79. The van der Waals surface area contributed by atoms with Crippen molar-refractivity contribution in [1.82, 2.24) is 23.9 Å². The lowest BCUT2D eigenvalue weighted by Crippen LogP contribution is -2.03. The molecule has 4 aromatic heterocycles. The van der Waals surface area contributed by atoms with Crippen molar-refractivity contribution in [3.8, 4) is 17.2 Å². The Morgan fingerprint density at radius 1 is 0.396 bits per heavy atom. The lowest BCUT2D eigenvalue weighted by atomic mass is 10.0. The summed E-state index contributed by atoms with van der Waals surface area (Å²) in [6.07, 6.45) is 0. The van der Waals surface area contributed by atoms with Gasteiger partial charge in [-0.25, -0.2) is 15.0 Å². The van der Waals surface area contributed by atoms with Crippen molar-refractivity contribution < 1.29 is 0 Å². The van der Waals surface area contributed by atoms with E-state index in [9.17, 15) is 0 Å². The maximum absolute atomic E-state index is 5.34. The SMILES string of the molecule is c1ccc(-c2nc(-n3c4cc5c(cc4c4c6ccccc6ccc43)nc3c4ccccc4c4ccccc4n53)nc3ccccc23)cc1. The zero-order valence-electron chi connectivity index (χ0n) is 25.7. The number of benzene rings is 7. The van der Waals surface area contributed by atoms with Crippen molar-refractivity contribution in [2.24, 2.45) is 0 Å². The van der Waals surface area contributed by atoms with Crippen LogP contribution in [0.3, 0.4) is 0 Å². The second-order valence-electron chi connectivity index (χ2n) is 12.5. The van der Waals surface area contributed by atoms with Crippen LogP contribution in [0.15, 0.2) is 152 Å². The molecule has 11 rings (SSSR count). The molecule has 0 N–H and O–H groups in total. The molecule has 5 heteroatoms. The summed E-state index contributed by atoms with van der Waals surface area (Å²) in [5, 5.41) is 9.28. The predicted molar refractivity (Wildman–Crippen MR) is 198 cm³/mol. The Kier molecular flexibility index (Phi) is 5.05. The first-order chi connectivity index (χ1) is 23.8. The summed E-state index contributed by atoms with van der Waals surface area (Å²) in [5.74, 6) is 0.645. The first kappa shape index (κ1) is 25.6. The summed E-state index contributed by atoms with van der Waals surface area (Å²) in [4.78, 5) is 15.9. The third kappa shape index (κ3) is 3.42. The van der Waals surface area contributed by atoms with E-state index in [4.69, 9.17) is 15.0 Å². The van der Waals surface area contributed by atoms with Gasteiger partial charge in [-0.3, -0.25) is 8.97 Å². The van der Waals surface area contributed by atoms with E-state index in [1.54, 1.807) is 0 Å². The highest BCUT2D eigenvalue weighted by Crippen LogP contribution is 2.40. The van der Waals surface area contributed by atoms with Crippen molar-refractivity contribution in [2.45, 2.75) is 0 Å². The minimum atomic E-state index is 0.645. The number of rotatable bonds is 2. The van der Waals surface area contributed by atoms with Gasteiger partial charge >= 0.3 is 0 Å². The minimum absolute atomic E-state index is 0.645. The summed E-state index contributed by atoms with van der Waals surface area (Å²) in [5.41, 5.74) is 9.10. The zero-order chi connectivity index (χ0) is 31.3. The molecule has 0 aliphatic heterocycles. The third-order valence-electron chi connectivity index (χ3n) is 9.87. The third-order valence-corrected chi connectivity index (χ3v) is 9.87. The summed E-state index contributed by atoms with van der Waals surface area (Å²) >= 11 is 0. The number of hydrogen-bond acceptors (Lipinski definition) is 3. The van der Waals surface area contributed by atoms with Crippen LogP contribution in [0, 0.1) is 0 Å². The first-order valence-corrected chi connectivity index (χ1v) is 16.2. The molecule has 0 spiro atoms. The van der Waals surface area contributed by atoms with Crippen molar-refractivity contribution in [2.75, 3.05) is 0 Å². The van der Waals surface area contributed by atoms with Gasteiger partial charge in [-0.2, -0.15) is 0 Å². The Bertz CT molecular complexity index is 3120. The second-order valence-corrected chi connectivity index (χ2v) is 12.5. The van der Waals surface area contributed by atoms with E-state index in [1.807, 2.05) is 12.1 Å². The molecule has 0 aliphatic rings. The van der Waals surface area contributed by atoms with E-state index < -0.39 is 0 Å². The molecule has 4 heterocycles. The van der Waals surface area contributed by atoms with Crippen molar-refractivity contribution in [3.63, 3.8) is 0 Å². The monoisotopic (exact) mass is 611 g/mol. The van der Waals surface area contributed by atoms with Gasteiger partial charge in [0.25, 0.3) is 0 Å². The normalized spacial score (nSPS) is 12.2. The van der Waals surface area contributed by atoms with Crippen molar-refractivity contribution in [1.29, 1.82) is 0 Å². The number of hydrogen-bond donors (Lipinski definition) is 0. The van der Waals surface area contributed by atoms with Gasteiger partial charge in [-0.1, -0.05) is 121 Å². The molecule has 0 fully saturated rings. The molecule has 0 saturated heterocycles. The molecule has 0 radical (unpaired) electrons. The van der Waals surface area contributed by atoms with E-state index in [0.717, 1.165) is 66.2 Å². The largest absolute Gasteiger partial charge is 0.292 e. The molecular weight excluding hydrogens is 587 g/mol. The number of fused-ring (bicyclic) bond motifs is 14. The Hall–Kier alpha value is -6.59. The Morgan fingerprint density at radius 3 is 1.98 bits per heavy atom. The Balaban J connectivity index is 1.35. The molecule has 5 nitrogen and oxygen atoms in total. The van der Waals surface area contributed by atoms with Gasteiger partial charge in [-0.15, -0.1) is 0 Å². The highest BCUT2D eigenvalue weighted by molar-refractivity contribution is 6.23. The highest BCUT2D eigenvalue weighted by Gasteiger charge is 2.22. The van der Waals surface area contributed by atoms with Crippen LogP contribution >= 0.6 is 0 Å². The van der Waals surface area contributed by atoms with E-state index in [0.29, 0.717) is 5.95 Å². The smallest absolute Gasteiger partial charge is 0.235 e. The van der Waals surface area contributed by atoms with Crippen LogP contribution in [0.4, 0.5) is 0 Å². The second kappa shape index (κ2) is 9.47. The Morgan fingerprint density at radius 2 is 1.10 bits per heavy atom. The molecule has 0 bridgehead atoms. The summed E-state index contributed by atoms with van der Waals surface area (Å²) in [7, 11) is 0. The first-order valence-electron chi connectivity index (χ1n) is 16.2. The number of imidazole rings is 1. The van der Waals surface area contributed by atoms with Crippen LogP contribution in [0.2, 0.25) is 0 Å². The standard InChI is InChI=1S/C43H25N5/c1-2-13-27(14-3-1)41-32-19-8-10-20-34(32)45-43(46-41)48-37-23-22-26-12-4-5-15-28(26)40(37)33-24-35-39(25-38(33)48)47-36-21-11-9-17-30(36)29-16-6-7-18-31(29)42(47)44-35/h1-25H. The minimum Gasteiger partial charge on any atom is -0.292 e. The Labute approximate surface area is 274 Å². The van der Waals surface area contributed by atoms with Crippen LogP contribution < -0.4 is 0 Å². The van der Waals surface area contributed by atoms with Gasteiger partial charge in [0.2, 0.25) is 5.95 Å². The molecule has 0 unspecified atom stereocenters. The molecule has 7 aromatic carbocycles. The maximum atomic E-state index is 5.34. The lowest BCUT2D eigenvalue weighted by Gasteiger charge is -2.12. The van der Waals surface area contributed by atoms with Gasteiger partial charge in [0.15, 0.2) is 0 Å². The van der Waals surface area contributed by atoms with Crippen LogP contribution in [0.25, 0.3) is 99.0 Å². The maximum Gasteiger partial charge on any atom is 0.235 e. The molecule has 48 heavy (non-hydrogen) atoms. The van der Waals surface area contributed by atoms with Gasteiger partial charge in [-0.05, 0) is 46.5 Å². The number of nitrogens with zero attached hydrogens (tertiary/aromatic N) is 5. The van der Waals surface area contributed by atoms with Crippen molar-refractivity contribution >= 4 is 81.8 Å². The fraction of sp³-hybridized carbons (Fsp3) is 0. The summed E-state index contributed by atoms with van der Waals surface area (Å²) < 4.78 is 4.57. The van der Waals surface area contributed by atoms with E-state index in [-0.39, 0.29) is 0 Å². The zero-order valence-corrected chi connectivity index (χ0v) is 25.7. The van der Waals surface area contributed by atoms with Crippen LogP contribution in [0.5, 0.6) is 0 Å².